The Labute approximate surface area is 129 Å². The summed E-state index contributed by atoms with van der Waals surface area (Å²) in [5, 5.41) is 9.48. The van der Waals surface area contributed by atoms with Crippen LogP contribution in [-0.2, 0) is 19.3 Å². The van der Waals surface area contributed by atoms with E-state index in [1.165, 1.54) is 24.0 Å². The van der Waals surface area contributed by atoms with E-state index in [1.54, 1.807) is 0 Å². The van der Waals surface area contributed by atoms with Gasteiger partial charge in [-0.25, -0.2) is 4.79 Å². The first-order valence-corrected chi connectivity index (χ1v) is 8.52. The third-order valence-corrected chi connectivity index (χ3v) is 4.12. The standard InChI is InChI=1S/C19H30O2/c1-4-7-10-15-13-14-18(19(20)21)17(12-9-6-3)16(15)11-8-5-2/h13-14H,4-12H2,1-3H3,(H,20,21). The average Bonchev–Trinajstić information content (AvgIpc) is 2.48. The van der Waals surface area contributed by atoms with Crippen molar-refractivity contribution in [2.45, 2.75) is 78.6 Å². The molecule has 2 nitrogen and oxygen atoms in total. The Morgan fingerprint density at radius 1 is 0.857 bits per heavy atom. The van der Waals surface area contributed by atoms with Gasteiger partial charge in [0.05, 0.1) is 5.56 Å². The highest BCUT2D eigenvalue weighted by Crippen LogP contribution is 2.25. The summed E-state index contributed by atoms with van der Waals surface area (Å²) in [6, 6.07) is 3.88. The number of aryl methyl sites for hydroxylation is 1. The molecule has 0 bridgehead atoms. The molecule has 0 amide bonds. The molecule has 0 fully saturated rings. The molecule has 0 radical (unpaired) electrons. The van der Waals surface area contributed by atoms with Crippen LogP contribution in [0.25, 0.3) is 0 Å². The molecule has 0 atom stereocenters. The van der Waals surface area contributed by atoms with E-state index in [0.29, 0.717) is 5.56 Å². The van der Waals surface area contributed by atoms with Crippen LogP contribution >= 0.6 is 0 Å². The Bertz CT molecular complexity index is 449. The molecule has 118 valence electrons. The van der Waals surface area contributed by atoms with Gasteiger partial charge in [-0.05, 0) is 61.3 Å². The average molecular weight is 290 g/mol. The van der Waals surface area contributed by atoms with E-state index in [-0.39, 0.29) is 0 Å². The van der Waals surface area contributed by atoms with Crippen molar-refractivity contribution in [3.63, 3.8) is 0 Å². The summed E-state index contributed by atoms with van der Waals surface area (Å²) in [7, 11) is 0. The summed E-state index contributed by atoms with van der Waals surface area (Å²) < 4.78 is 0. The molecular weight excluding hydrogens is 260 g/mol. The first-order chi connectivity index (χ1) is 10.2. The third kappa shape index (κ3) is 5.18. The van der Waals surface area contributed by atoms with Crippen molar-refractivity contribution in [2.24, 2.45) is 0 Å². The lowest BCUT2D eigenvalue weighted by Crippen LogP contribution is -2.09. The summed E-state index contributed by atoms with van der Waals surface area (Å²) in [5.74, 6) is -0.777. The number of rotatable bonds is 10. The summed E-state index contributed by atoms with van der Waals surface area (Å²) in [4.78, 5) is 11.5. The van der Waals surface area contributed by atoms with Gasteiger partial charge in [0.15, 0.2) is 0 Å². The molecule has 0 heterocycles. The number of aromatic carboxylic acids is 1. The molecule has 0 aliphatic carbocycles. The van der Waals surface area contributed by atoms with Crippen LogP contribution in [0.2, 0.25) is 0 Å². The van der Waals surface area contributed by atoms with Gasteiger partial charge in [0.2, 0.25) is 0 Å². The van der Waals surface area contributed by atoms with Gasteiger partial charge in [0.25, 0.3) is 0 Å². The molecule has 1 aromatic rings. The fourth-order valence-corrected chi connectivity index (χ4v) is 2.85. The lowest BCUT2D eigenvalue weighted by Gasteiger charge is -2.17. The number of carboxylic acid groups (broad SMARTS) is 1. The van der Waals surface area contributed by atoms with E-state index in [4.69, 9.17) is 0 Å². The first-order valence-electron chi connectivity index (χ1n) is 8.52. The molecule has 0 unspecified atom stereocenters. The van der Waals surface area contributed by atoms with Crippen LogP contribution < -0.4 is 0 Å². The van der Waals surface area contributed by atoms with Crippen molar-refractivity contribution in [2.75, 3.05) is 0 Å². The predicted octanol–water partition coefficient (Wildman–Crippen LogP) is 5.41. The summed E-state index contributed by atoms with van der Waals surface area (Å²) in [6.07, 6.45) is 9.82. The van der Waals surface area contributed by atoms with Crippen LogP contribution in [0.5, 0.6) is 0 Å². The lowest BCUT2D eigenvalue weighted by molar-refractivity contribution is 0.0695. The van der Waals surface area contributed by atoms with Gasteiger partial charge in [0, 0.05) is 0 Å². The molecule has 0 aliphatic heterocycles. The van der Waals surface area contributed by atoms with Crippen molar-refractivity contribution >= 4 is 5.97 Å². The zero-order valence-electron chi connectivity index (χ0n) is 13.9. The van der Waals surface area contributed by atoms with E-state index in [2.05, 4.69) is 26.8 Å². The summed E-state index contributed by atoms with van der Waals surface area (Å²) in [6.45, 7) is 6.56. The normalized spacial score (nSPS) is 10.8. The highest BCUT2D eigenvalue weighted by Gasteiger charge is 2.16. The van der Waals surface area contributed by atoms with Gasteiger partial charge in [-0.2, -0.15) is 0 Å². The smallest absolute Gasteiger partial charge is 0.335 e. The minimum absolute atomic E-state index is 0.523. The van der Waals surface area contributed by atoms with E-state index in [1.807, 2.05) is 6.07 Å². The SMILES string of the molecule is CCCCc1ccc(C(=O)O)c(CCCC)c1CCCC. The largest absolute Gasteiger partial charge is 0.478 e. The first kappa shape index (κ1) is 17.7. The zero-order valence-corrected chi connectivity index (χ0v) is 13.9. The second-order valence-corrected chi connectivity index (χ2v) is 5.85. The highest BCUT2D eigenvalue weighted by molar-refractivity contribution is 5.90. The number of carboxylic acids is 1. The summed E-state index contributed by atoms with van der Waals surface area (Å²) in [5.41, 5.74) is 4.33. The van der Waals surface area contributed by atoms with Crippen LogP contribution in [0.15, 0.2) is 12.1 Å². The van der Waals surface area contributed by atoms with Crippen molar-refractivity contribution < 1.29 is 9.90 Å². The molecule has 0 aromatic heterocycles. The lowest BCUT2D eigenvalue weighted by atomic mass is 9.87. The quantitative estimate of drug-likeness (QED) is 0.625. The third-order valence-electron chi connectivity index (χ3n) is 4.12. The van der Waals surface area contributed by atoms with Crippen LogP contribution in [0.3, 0.4) is 0 Å². The Kier molecular flexibility index (Phi) is 8.11. The van der Waals surface area contributed by atoms with Gasteiger partial charge in [-0.15, -0.1) is 0 Å². The summed E-state index contributed by atoms with van der Waals surface area (Å²) >= 11 is 0. The second kappa shape index (κ2) is 9.59. The van der Waals surface area contributed by atoms with Gasteiger partial charge >= 0.3 is 5.97 Å². The Morgan fingerprint density at radius 2 is 1.38 bits per heavy atom. The Morgan fingerprint density at radius 3 is 1.90 bits per heavy atom. The van der Waals surface area contributed by atoms with Gasteiger partial charge in [-0.3, -0.25) is 0 Å². The molecule has 0 spiro atoms. The Balaban J connectivity index is 3.22. The maximum Gasteiger partial charge on any atom is 0.335 e. The molecule has 1 rings (SSSR count). The molecule has 2 heteroatoms. The number of carbonyl (C=O) groups is 1. The molecule has 21 heavy (non-hydrogen) atoms. The molecule has 0 aliphatic rings. The van der Waals surface area contributed by atoms with E-state index in [9.17, 15) is 9.90 Å². The van der Waals surface area contributed by atoms with E-state index >= 15 is 0 Å². The number of hydrogen-bond acceptors (Lipinski definition) is 1. The molecule has 1 aromatic carbocycles. The molecule has 1 N–H and O–H groups in total. The van der Waals surface area contributed by atoms with Crippen LogP contribution in [0.4, 0.5) is 0 Å². The predicted molar refractivity (Wildman–Crippen MR) is 89.2 cm³/mol. The maximum absolute atomic E-state index is 11.5. The van der Waals surface area contributed by atoms with Gasteiger partial charge in [0.1, 0.15) is 0 Å². The van der Waals surface area contributed by atoms with Gasteiger partial charge in [-0.1, -0.05) is 46.1 Å². The van der Waals surface area contributed by atoms with Gasteiger partial charge < -0.3 is 5.11 Å². The molecule has 0 saturated carbocycles. The van der Waals surface area contributed by atoms with Crippen molar-refractivity contribution in [1.29, 1.82) is 0 Å². The van der Waals surface area contributed by atoms with E-state index in [0.717, 1.165) is 50.5 Å². The van der Waals surface area contributed by atoms with Crippen molar-refractivity contribution in [3.05, 3.63) is 34.4 Å². The fraction of sp³-hybridized carbons (Fsp3) is 0.632. The number of hydrogen-bond donors (Lipinski definition) is 1. The minimum atomic E-state index is -0.777. The number of benzene rings is 1. The minimum Gasteiger partial charge on any atom is -0.478 e. The second-order valence-electron chi connectivity index (χ2n) is 5.85. The van der Waals surface area contributed by atoms with Crippen molar-refractivity contribution in [3.8, 4) is 0 Å². The van der Waals surface area contributed by atoms with Crippen LogP contribution in [0, 0.1) is 0 Å². The van der Waals surface area contributed by atoms with Crippen LogP contribution in [0.1, 0.15) is 86.3 Å². The molecule has 0 saturated heterocycles. The van der Waals surface area contributed by atoms with E-state index < -0.39 is 5.97 Å². The van der Waals surface area contributed by atoms with Crippen molar-refractivity contribution in [1.82, 2.24) is 0 Å². The maximum atomic E-state index is 11.5. The van der Waals surface area contributed by atoms with Crippen LogP contribution in [-0.4, -0.2) is 11.1 Å². The number of unbranched alkanes of at least 4 members (excludes halogenated alkanes) is 3. The zero-order chi connectivity index (χ0) is 15.7. The monoisotopic (exact) mass is 290 g/mol. The molecular formula is C19H30O2. The highest BCUT2D eigenvalue weighted by atomic mass is 16.4. The topological polar surface area (TPSA) is 37.3 Å². The Hall–Kier alpha value is -1.31. The fourth-order valence-electron chi connectivity index (χ4n) is 2.85.